The van der Waals surface area contributed by atoms with Crippen LogP contribution in [-0.4, -0.2) is 30.9 Å². The highest BCUT2D eigenvalue weighted by Gasteiger charge is 2.23. The van der Waals surface area contributed by atoms with E-state index in [0.717, 1.165) is 0 Å². The molecule has 0 saturated heterocycles. The molecule has 9 heteroatoms. The smallest absolute Gasteiger partial charge is 0.239 e. The molecule has 3 rings (SSSR count). The molecule has 0 aliphatic rings. The monoisotopic (exact) mass is 391 g/mol. The van der Waals surface area contributed by atoms with E-state index in [2.05, 4.69) is 20.5 Å². The molecule has 0 saturated carbocycles. The van der Waals surface area contributed by atoms with Gasteiger partial charge in [0.25, 0.3) is 0 Å². The highest BCUT2D eigenvalue weighted by atomic mass is 32.2. The summed E-state index contributed by atoms with van der Waals surface area (Å²) in [5.41, 5.74) is 0.389. The van der Waals surface area contributed by atoms with E-state index < -0.39 is 5.25 Å². The number of anilines is 1. The summed E-state index contributed by atoms with van der Waals surface area (Å²) in [7, 11) is 0. The van der Waals surface area contributed by atoms with E-state index in [1.807, 2.05) is 18.4 Å². The summed E-state index contributed by atoms with van der Waals surface area (Å²) < 4.78 is 16.0. The molecule has 2 aromatic heterocycles. The molecular weight excluding hydrogens is 373 g/mol. The lowest BCUT2D eigenvalue weighted by atomic mass is 10.2. The number of hydrogen-bond donors (Lipinski definition) is 1. The molecule has 0 fully saturated rings. The van der Waals surface area contributed by atoms with Crippen molar-refractivity contribution >= 4 is 34.1 Å². The Balaban J connectivity index is 1.84. The van der Waals surface area contributed by atoms with E-state index in [9.17, 15) is 9.18 Å². The molecule has 1 atom stereocenters. The van der Waals surface area contributed by atoms with Gasteiger partial charge in [-0.1, -0.05) is 23.9 Å². The summed E-state index contributed by atoms with van der Waals surface area (Å²) in [5, 5.41) is 13.6. The van der Waals surface area contributed by atoms with Crippen LogP contribution in [0, 0.1) is 5.82 Å². The lowest BCUT2D eigenvalue weighted by Crippen LogP contribution is -2.23. The minimum Gasteiger partial charge on any atom is -0.301 e. The van der Waals surface area contributed by atoms with E-state index in [1.54, 1.807) is 36.7 Å². The molecule has 1 N–H and O–H groups in total. The molecule has 2 heterocycles. The third kappa shape index (κ3) is 3.94. The molecule has 1 amide bonds. The van der Waals surface area contributed by atoms with Crippen molar-refractivity contribution in [1.29, 1.82) is 0 Å². The van der Waals surface area contributed by atoms with Gasteiger partial charge >= 0.3 is 0 Å². The van der Waals surface area contributed by atoms with Crippen LogP contribution < -0.4 is 5.32 Å². The van der Waals surface area contributed by atoms with Gasteiger partial charge in [-0.25, -0.2) is 9.37 Å². The molecule has 0 spiro atoms. The maximum absolute atomic E-state index is 14.2. The van der Waals surface area contributed by atoms with Gasteiger partial charge in [0.15, 0.2) is 16.1 Å². The zero-order chi connectivity index (χ0) is 18.7. The number of thiazole rings is 1. The van der Waals surface area contributed by atoms with E-state index >= 15 is 0 Å². The van der Waals surface area contributed by atoms with Crippen LogP contribution in [-0.2, 0) is 4.79 Å². The van der Waals surface area contributed by atoms with Gasteiger partial charge in [-0.05, 0) is 32.9 Å². The summed E-state index contributed by atoms with van der Waals surface area (Å²) in [5.74, 6) is -0.0725. The van der Waals surface area contributed by atoms with Crippen molar-refractivity contribution in [1.82, 2.24) is 19.7 Å². The first-order valence-corrected chi connectivity index (χ1v) is 9.80. The van der Waals surface area contributed by atoms with Crippen molar-refractivity contribution < 1.29 is 9.18 Å². The number of nitrogens with one attached hydrogen (secondary N) is 1. The zero-order valence-electron chi connectivity index (χ0n) is 14.5. The lowest BCUT2D eigenvalue weighted by molar-refractivity contribution is -0.115. The molecule has 3 aromatic rings. The topological polar surface area (TPSA) is 72.7 Å². The second kappa shape index (κ2) is 7.96. The highest BCUT2D eigenvalue weighted by molar-refractivity contribution is 8.00. The fourth-order valence-electron chi connectivity index (χ4n) is 2.35. The largest absolute Gasteiger partial charge is 0.301 e. The molecule has 6 nitrogen and oxygen atoms in total. The number of thioether (sulfide) groups is 1. The van der Waals surface area contributed by atoms with Crippen LogP contribution in [0.15, 0.2) is 41.0 Å². The summed E-state index contributed by atoms with van der Waals surface area (Å²) in [6.45, 7) is 5.73. The second-order valence-electron chi connectivity index (χ2n) is 5.84. The molecule has 0 aliphatic carbocycles. The van der Waals surface area contributed by atoms with Crippen molar-refractivity contribution in [2.24, 2.45) is 0 Å². The average Bonchev–Trinajstić information content (AvgIpc) is 3.25. The number of amides is 1. The fourth-order valence-corrected chi connectivity index (χ4v) is 3.87. The van der Waals surface area contributed by atoms with E-state index in [4.69, 9.17) is 0 Å². The Morgan fingerprint density at radius 3 is 2.69 bits per heavy atom. The summed E-state index contributed by atoms with van der Waals surface area (Å²) >= 11 is 2.64. The van der Waals surface area contributed by atoms with Crippen LogP contribution in [0.25, 0.3) is 11.4 Å². The second-order valence-corrected chi connectivity index (χ2v) is 8.04. The first-order valence-electron chi connectivity index (χ1n) is 8.04. The van der Waals surface area contributed by atoms with Crippen molar-refractivity contribution in [3.8, 4) is 11.4 Å². The Hall–Kier alpha value is -2.26. The maximum Gasteiger partial charge on any atom is 0.239 e. The Bertz CT molecular complexity index is 894. The number of halogens is 1. The third-order valence-electron chi connectivity index (χ3n) is 3.61. The molecule has 1 aromatic carbocycles. The van der Waals surface area contributed by atoms with Crippen molar-refractivity contribution in [3.05, 3.63) is 41.7 Å². The molecule has 0 aliphatic heterocycles. The first kappa shape index (κ1) is 18.5. The number of benzene rings is 1. The Morgan fingerprint density at radius 2 is 2.04 bits per heavy atom. The number of nitrogens with zero attached hydrogens (tertiary/aromatic N) is 4. The zero-order valence-corrected chi connectivity index (χ0v) is 16.1. The maximum atomic E-state index is 14.2. The molecular formula is C17H18FN5OS2. The predicted molar refractivity (Wildman–Crippen MR) is 102 cm³/mol. The van der Waals surface area contributed by atoms with Crippen LogP contribution in [0.1, 0.15) is 26.8 Å². The quantitative estimate of drug-likeness (QED) is 0.636. The van der Waals surface area contributed by atoms with E-state index in [-0.39, 0.29) is 17.8 Å². The van der Waals surface area contributed by atoms with Gasteiger partial charge in [0.05, 0.1) is 10.8 Å². The Labute approximate surface area is 158 Å². The van der Waals surface area contributed by atoms with Gasteiger partial charge in [-0.15, -0.1) is 21.5 Å². The fraction of sp³-hybridized carbons (Fsp3) is 0.294. The number of carbonyl (C=O) groups excluding carboxylic acids is 1. The highest BCUT2D eigenvalue weighted by Crippen LogP contribution is 2.31. The van der Waals surface area contributed by atoms with Crippen LogP contribution in [0.3, 0.4) is 0 Å². The predicted octanol–water partition coefficient (Wildman–Crippen LogP) is 4.24. The number of carbonyl (C=O) groups is 1. The third-order valence-corrected chi connectivity index (χ3v) is 5.35. The molecule has 26 heavy (non-hydrogen) atoms. The normalized spacial score (nSPS) is 12.3. The minimum atomic E-state index is -0.408. The number of hydrogen-bond acceptors (Lipinski definition) is 6. The Morgan fingerprint density at radius 1 is 1.27 bits per heavy atom. The van der Waals surface area contributed by atoms with Crippen molar-refractivity contribution in [2.45, 2.75) is 37.2 Å². The van der Waals surface area contributed by atoms with Crippen LogP contribution in [0.2, 0.25) is 0 Å². The summed E-state index contributed by atoms with van der Waals surface area (Å²) in [6, 6.07) is 6.47. The van der Waals surface area contributed by atoms with Crippen molar-refractivity contribution in [2.75, 3.05) is 5.32 Å². The van der Waals surface area contributed by atoms with E-state index in [0.29, 0.717) is 21.7 Å². The van der Waals surface area contributed by atoms with E-state index in [1.165, 1.54) is 29.2 Å². The number of rotatable bonds is 6. The average molecular weight is 391 g/mol. The molecule has 0 bridgehead atoms. The first-order chi connectivity index (χ1) is 12.5. The standard InChI is InChI=1S/C17H18FN5OS2/c1-10(2)23-14(12-6-4-5-7-13(12)18)21-22-17(23)26-11(3)15(24)20-16-19-8-9-25-16/h4-11H,1-3H3,(H,19,20,24)/t11-/m0/s1. The Kier molecular flexibility index (Phi) is 5.67. The lowest BCUT2D eigenvalue weighted by Gasteiger charge is -2.16. The van der Waals surface area contributed by atoms with Gasteiger partial charge in [0.1, 0.15) is 5.82 Å². The summed E-state index contributed by atoms with van der Waals surface area (Å²) in [6.07, 6.45) is 1.63. The van der Waals surface area contributed by atoms with Gasteiger partial charge < -0.3 is 5.32 Å². The van der Waals surface area contributed by atoms with Crippen molar-refractivity contribution in [3.63, 3.8) is 0 Å². The van der Waals surface area contributed by atoms with Gasteiger partial charge in [-0.3, -0.25) is 9.36 Å². The van der Waals surface area contributed by atoms with Crippen LogP contribution >= 0.6 is 23.1 Å². The molecule has 0 radical (unpaired) electrons. The van der Waals surface area contributed by atoms with Crippen LogP contribution in [0.4, 0.5) is 9.52 Å². The van der Waals surface area contributed by atoms with Gasteiger partial charge in [0.2, 0.25) is 5.91 Å². The minimum absolute atomic E-state index is 0.0105. The summed E-state index contributed by atoms with van der Waals surface area (Å²) in [4.78, 5) is 16.4. The van der Waals surface area contributed by atoms with Gasteiger partial charge in [-0.2, -0.15) is 0 Å². The number of aromatic nitrogens is 4. The molecule has 136 valence electrons. The van der Waals surface area contributed by atoms with Gasteiger partial charge in [0, 0.05) is 17.6 Å². The molecule has 0 unspecified atom stereocenters. The SMILES string of the molecule is CC(C)n1c(S[C@@H](C)C(=O)Nc2nccs2)nnc1-c1ccccc1F. The van der Waals surface area contributed by atoms with Crippen LogP contribution in [0.5, 0.6) is 0 Å².